The molecule has 0 saturated heterocycles. The van der Waals surface area contributed by atoms with E-state index in [0.717, 1.165) is 66.3 Å². The van der Waals surface area contributed by atoms with E-state index in [0.29, 0.717) is 17.5 Å². The molecule has 11 rings (SSSR count). The minimum Gasteiger partial charge on any atom is -0.247 e. The Morgan fingerprint density at radius 1 is 0.241 bits per heavy atom. The van der Waals surface area contributed by atoms with Crippen molar-refractivity contribution >= 4 is 43.2 Å². The molecule has 58 heavy (non-hydrogen) atoms. The topological polar surface area (TPSA) is 51.6 Å². The van der Waals surface area contributed by atoms with Gasteiger partial charge in [-0.3, -0.25) is 0 Å². The van der Waals surface area contributed by atoms with Crippen LogP contribution in [0.5, 0.6) is 0 Å². The molecule has 2 heterocycles. The molecule has 2 aromatic heterocycles. The van der Waals surface area contributed by atoms with Crippen LogP contribution in [-0.4, -0.2) is 19.9 Å². The summed E-state index contributed by atoms with van der Waals surface area (Å²) in [5.74, 6) is 1.92. The molecule has 0 bridgehead atoms. The van der Waals surface area contributed by atoms with Gasteiger partial charge in [-0.1, -0.05) is 194 Å². The number of benzene rings is 9. The molecule has 0 unspecified atom stereocenters. The van der Waals surface area contributed by atoms with Crippen molar-refractivity contribution in [2.24, 2.45) is 0 Å². The number of fused-ring (bicyclic) bond motifs is 5. The van der Waals surface area contributed by atoms with Crippen LogP contribution in [0.1, 0.15) is 0 Å². The molecule has 0 atom stereocenters. The average molecular weight is 739 g/mol. The van der Waals surface area contributed by atoms with E-state index in [1.54, 1.807) is 0 Å². The van der Waals surface area contributed by atoms with Crippen molar-refractivity contribution in [3.63, 3.8) is 0 Å². The molecule has 0 aliphatic carbocycles. The fraction of sp³-hybridized carbons (Fsp3) is 0. The number of hydrogen-bond donors (Lipinski definition) is 0. The fourth-order valence-corrected chi connectivity index (χ4v) is 8.30. The van der Waals surface area contributed by atoms with Gasteiger partial charge in [-0.25, -0.2) is 19.9 Å². The molecular weight excluding hydrogens is 705 g/mol. The van der Waals surface area contributed by atoms with Crippen molar-refractivity contribution in [2.45, 2.75) is 0 Å². The van der Waals surface area contributed by atoms with Crippen molar-refractivity contribution in [3.05, 3.63) is 206 Å². The first-order valence-corrected chi connectivity index (χ1v) is 19.6. The Morgan fingerprint density at radius 3 is 1.29 bits per heavy atom. The zero-order chi connectivity index (χ0) is 38.4. The van der Waals surface area contributed by atoms with Gasteiger partial charge >= 0.3 is 0 Å². The van der Waals surface area contributed by atoms with E-state index in [4.69, 9.17) is 19.9 Å². The average Bonchev–Trinajstić information content (AvgIpc) is 3.31. The summed E-state index contributed by atoms with van der Waals surface area (Å²) < 4.78 is 0. The van der Waals surface area contributed by atoms with Crippen LogP contribution >= 0.6 is 0 Å². The van der Waals surface area contributed by atoms with Gasteiger partial charge in [-0.2, -0.15) is 0 Å². The Balaban J connectivity index is 1.12. The Bertz CT molecular complexity index is 3250. The summed E-state index contributed by atoms with van der Waals surface area (Å²) in [7, 11) is 0. The zero-order valence-electron chi connectivity index (χ0n) is 31.4. The Labute approximate surface area is 335 Å². The standard InChI is InChI=1S/C54H34N4/c1-3-17-38(18-4-1)52-56-53(39-19-5-2-6-20-39)58-54(57-52)40-31-29-37(30-32-40)47-33-49-48(43-27-13-21-35-15-7-9-23-41(35)43)34-50(55-51(49)46-26-12-11-25-44(46)47)45-28-14-22-36-16-8-10-24-42(36)45/h1-34H. The second-order valence-corrected chi connectivity index (χ2v) is 14.6. The summed E-state index contributed by atoms with van der Waals surface area (Å²) in [5, 5.41) is 8.16. The highest BCUT2D eigenvalue weighted by Crippen LogP contribution is 2.43. The van der Waals surface area contributed by atoms with Crippen LogP contribution in [-0.2, 0) is 0 Å². The summed E-state index contributed by atoms with van der Waals surface area (Å²) in [5.41, 5.74) is 10.4. The lowest BCUT2D eigenvalue weighted by molar-refractivity contribution is 1.07. The SMILES string of the molecule is c1ccc(-c2nc(-c3ccccc3)nc(-c3ccc(-c4cc5c(-c6cccc7ccccc67)cc(-c6cccc7ccccc67)nc5c5ccccc45)cc3)n2)cc1. The molecule has 9 aromatic carbocycles. The predicted molar refractivity (Wildman–Crippen MR) is 240 cm³/mol. The van der Waals surface area contributed by atoms with Crippen LogP contribution < -0.4 is 0 Å². The third-order valence-electron chi connectivity index (χ3n) is 11.1. The second-order valence-electron chi connectivity index (χ2n) is 14.6. The molecule has 11 aromatic rings. The first-order valence-electron chi connectivity index (χ1n) is 19.6. The minimum absolute atomic E-state index is 0.631. The van der Waals surface area contributed by atoms with Crippen LogP contribution in [0.15, 0.2) is 206 Å². The van der Waals surface area contributed by atoms with Gasteiger partial charge in [0.05, 0.1) is 11.2 Å². The molecule has 0 spiro atoms. The monoisotopic (exact) mass is 738 g/mol. The highest BCUT2D eigenvalue weighted by Gasteiger charge is 2.19. The molecular formula is C54H34N4. The van der Waals surface area contributed by atoms with Crippen LogP contribution in [0.25, 0.3) is 111 Å². The number of hydrogen-bond acceptors (Lipinski definition) is 4. The molecule has 4 nitrogen and oxygen atoms in total. The van der Waals surface area contributed by atoms with Gasteiger partial charge in [0, 0.05) is 33.0 Å². The van der Waals surface area contributed by atoms with Crippen LogP contribution in [0.4, 0.5) is 0 Å². The summed E-state index contributed by atoms with van der Waals surface area (Å²) >= 11 is 0. The summed E-state index contributed by atoms with van der Waals surface area (Å²) in [6, 6.07) is 72.4. The highest BCUT2D eigenvalue weighted by atomic mass is 15.0. The Morgan fingerprint density at radius 2 is 0.690 bits per heavy atom. The van der Waals surface area contributed by atoms with Crippen molar-refractivity contribution in [3.8, 4) is 67.7 Å². The number of nitrogens with zero attached hydrogens (tertiary/aromatic N) is 4. The number of aromatic nitrogens is 4. The van der Waals surface area contributed by atoms with Crippen LogP contribution in [0.3, 0.4) is 0 Å². The first kappa shape index (κ1) is 33.5. The molecule has 0 radical (unpaired) electrons. The smallest absolute Gasteiger partial charge is 0.164 e. The molecule has 0 aliphatic rings. The van der Waals surface area contributed by atoms with Gasteiger partial charge in [-0.15, -0.1) is 0 Å². The normalized spacial score (nSPS) is 11.4. The van der Waals surface area contributed by atoms with Crippen molar-refractivity contribution in [2.75, 3.05) is 0 Å². The lowest BCUT2D eigenvalue weighted by Crippen LogP contribution is -2.00. The third-order valence-corrected chi connectivity index (χ3v) is 11.1. The summed E-state index contributed by atoms with van der Waals surface area (Å²) in [6.45, 7) is 0. The molecule has 0 aliphatic heterocycles. The first-order chi connectivity index (χ1) is 28.7. The maximum atomic E-state index is 5.52. The van der Waals surface area contributed by atoms with E-state index in [1.807, 2.05) is 60.7 Å². The maximum absolute atomic E-state index is 5.52. The largest absolute Gasteiger partial charge is 0.247 e. The van der Waals surface area contributed by atoms with Crippen molar-refractivity contribution < 1.29 is 0 Å². The van der Waals surface area contributed by atoms with E-state index in [9.17, 15) is 0 Å². The quantitative estimate of drug-likeness (QED) is 0.159. The van der Waals surface area contributed by atoms with E-state index in [1.165, 1.54) is 27.1 Å². The van der Waals surface area contributed by atoms with Gasteiger partial charge in [-0.05, 0) is 61.3 Å². The fourth-order valence-electron chi connectivity index (χ4n) is 8.30. The van der Waals surface area contributed by atoms with Crippen LogP contribution in [0.2, 0.25) is 0 Å². The van der Waals surface area contributed by atoms with E-state index in [2.05, 4.69) is 146 Å². The second kappa shape index (κ2) is 14.0. The summed E-state index contributed by atoms with van der Waals surface area (Å²) in [6.07, 6.45) is 0. The molecule has 4 heteroatoms. The van der Waals surface area contributed by atoms with Gasteiger partial charge < -0.3 is 0 Å². The molecule has 270 valence electrons. The van der Waals surface area contributed by atoms with Gasteiger partial charge in [0.15, 0.2) is 17.5 Å². The van der Waals surface area contributed by atoms with E-state index in [-0.39, 0.29) is 0 Å². The Kier molecular flexibility index (Phi) is 8.11. The van der Waals surface area contributed by atoms with Crippen molar-refractivity contribution in [1.29, 1.82) is 0 Å². The maximum Gasteiger partial charge on any atom is 0.164 e. The van der Waals surface area contributed by atoms with Gasteiger partial charge in [0.2, 0.25) is 0 Å². The molecule has 0 amide bonds. The summed E-state index contributed by atoms with van der Waals surface area (Å²) in [4.78, 5) is 20.4. The van der Waals surface area contributed by atoms with E-state index >= 15 is 0 Å². The highest BCUT2D eigenvalue weighted by molar-refractivity contribution is 6.18. The zero-order valence-corrected chi connectivity index (χ0v) is 31.4. The lowest BCUT2D eigenvalue weighted by atomic mass is 9.89. The lowest BCUT2D eigenvalue weighted by Gasteiger charge is -2.17. The predicted octanol–water partition coefficient (Wildman–Crippen LogP) is 13.9. The van der Waals surface area contributed by atoms with Crippen LogP contribution in [0, 0.1) is 0 Å². The number of rotatable bonds is 6. The Hall–Kier alpha value is -7.82. The third kappa shape index (κ3) is 5.87. The van der Waals surface area contributed by atoms with Gasteiger partial charge in [0.1, 0.15) is 0 Å². The molecule has 0 fully saturated rings. The van der Waals surface area contributed by atoms with E-state index < -0.39 is 0 Å². The molecule has 0 N–H and O–H groups in total. The minimum atomic E-state index is 0.631. The molecule has 0 saturated carbocycles. The number of pyridine rings is 1. The van der Waals surface area contributed by atoms with Crippen molar-refractivity contribution in [1.82, 2.24) is 19.9 Å². The van der Waals surface area contributed by atoms with Gasteiger partial charge in [0.25, 0.3) is 0 Å².